The summed E-state index contributed by atoms with van der Waals surface area (Å²) in [4.78, 5) is 19.0. The number of pyridine rings is 1. The Bertz CT molecular complexity index is 1310. The predicted octanol–water partition coefficient (Wildman–Crippen LogP) is 5.90. The van der Waals surface area contributed by atoms with Gasteiger partial charge in [-0.05, 0) is 74.7 Å². The van der Waals surface area contributed by atoms with Gasteiger partial charge in [-0.25, -0.2) is 17.6 Å². The number of ether oxygens (including phenoxy) is 1. The van der Waals surface area contributed by atoms with E-state index in [-0.39, 0.29) is 23.3 Å². The van der Waals surface area contributed by atoms with Crippen LogP contribution in [0.5, 0.6) is 5.75 Å². The zero-order valence-electron chi connectivity index (χ0n) is 21.4. The molecule has 0 aliphatic carbocycles. The zero-order chi connectivity index (χ0) is 28.2. The van der Waals surface area contributed by atoms with Crippen LogP contribution < -0.4 is 4.74 Å². The molecule has 0 radical (unpaired) electrons. The Morgan fingerprint density at radius 2 is 1.87 bits per heavy atom. The van der Waals surface area contributed by atoms with Crippen molar-refractivity contribution in [3.05, 3.63) is 65.1 Å². The fourth-order valence-electron chi connectivity index (χ4n) is 5.10. The molecule has 11 heteroatoms. The van der Waals surface area contributed by atoms with Gasteiger partial charge in [-0.1, -0.05) is 0 Å². The van der Waals surface area contributed by atoms with Gasteiger partial charge in [0.25, 0.3) is 0 Å². The van der Waals surface area contributed by atoms with Gasteiger partial charge in [0.2, 0.25) is 0 Å². The van der Waals surface area contributed by atoms with Crippen molar-refractivity contribution in [2.45, 2.75) is 43.4 Å². The third kappa shape index (κ3) is 6.47. The average molecular weight is 567 g/mol. The van der Waals surface area contributed by atoms with Gasteiger partial charge in [-0.2, -0.15) is 0 Å². The summed E-state index contributed by atoms with van der Waals surface area (Å²) < 4.78 is 59.1. The van der Waals surface area contributed by atoms with Crippen molar-refractivity contribution in [3.63, 3.8) is 0 Å². The van der Waals surface area contributed by atoms with Crippen LogP contribution in [0.2, 0.25) is 0 Å². The monoisotopic (exact) mass is 566 g/mol. The Hall–Kier alpha value is -2.89. The molecule has 1 aliphatic rings. The number of halogens is 4. The maximum Gasteiger partial charge on any atom is 0.309 e. The van der Waals surface area contributed by atoms with E-state index in [0.29, 0.717) is 60.4 Å². The van der Waals surface area contributed by atoms with E-state index < -0.39 is 41.6 Å². The lowest BCUT2D eigenvalue weighted by Crippen LogP contribution is -2.45. The van der Waals surface area contributed by atoms with Gasteiger partial charge in [-0.15, -0.1) is 11.8 Å². The third-order valence-corrected chi connectivity index (χ3v) is 8.43. The summed E-state index contributed by atoms with van der Waals surface area (Å²) in [6.45, 7) is 0.746. The van der Waals surface area contributed by atoms with E-state index in [4.69, 9.17) is 4.74 Å². The first-order valence-electron chi connectivity index (χ1n) is 12.6. The van der Waals surface area contributed by atoms with Crippen LogP contribution >= 0.6 is 11.8 Å². The highest BCUT2D eigenvalue weighted by Crippen LogP contribution is 2.40. The first kappa shape index (κ1) is 29.1. The largest absolute Gasteiger partial charge is 0.497 e. The number of aliphatic hydroxyl groups is 1. The molecule has 1 aromatic heterocycles. The number of rotatable bonds is 11. The summed E-state index contributed by atoms with van der Waals surface area (Å²) >= 11 is 1.19. The lowest BCUT2D eigenvalue weighted by Gasteiger charge is -2.39. The molecule has 0 amide bonds. The quantitative estimate of drug-likeness (QED) is 0.170. The van der Waals surface area contributed by atoms with Crippen LogP contribution in [-0.2, 0) is 11.5 Å². The molecule has 0 bridgehead atoms. The molecule has 39 heavy (non-hydrogen) atoms. The van der Waals surface area contributed by atoms with Crippen LogP contribution in [0, 0.1) is 22.9 Å². The molecular weight excluding hydrogens is 536 g/mol. The van der Waals surface area contributed by atoms with Crippen LogP contribution in [0.3, 0.4) is 0 Å². The fourth-order valence-corrected chi connectivity index (χ4v) is 6.06. The molecule has 210 valence electrons. The number of piperidine rings is 1. The first-order chi connectivity index (χ1) is 18.7. The van der Waals surface area contributed by atoms with Gasteiger partial charge in [-0.3, -0.25) is 9.78 Å². The average Bonchev–Trinajstić information content (AvgIpc) is 2.94. The molecule has 0 unspecified atom stereocenters. The topological polar surface area (TPSA) is 82.9 Å². The van der Waals surface area contributed by atoms with Crippen molar-refractivity contribution in [2.24, 2.45) is 5.41 Å². The normalized spacial score (nSPS) is 16.4. The number of thioether (sulfide) groups is 1. The van der Waals surface area contributed by atoms with E-state index in [1.807, 2.05) is 0 Å². The summed E-state index contributed by atoms with van der Waals surface area (Å²) in [5, 5.41) is 21.8. The number of hydrogen-bond acceptors (Lipinski definition) is 6. The number of carboxylic acid groups (broad SMARTS) is 1. The Morgan fingerprint density at radius 1 is 1.18 bits per heavy atom. The van der Waals surface area contributed by atoms with Crippen molar-refractivity contribution >= 4 is 28.6 Å². The second kappa shape index (κ2) is 12.5. The highest BCUT2D eigenvalue weighted by Gasteiger charge is 2.41. The lowest BCUT2D eigenvalue weighted by molar-refractivity contribution is -0.153. The van der Waals surface area contributed by atoms with E-state index in [0.717, 1.165) is 12.1 Å². The summed E-state index contributed by atoms with van der Waals surface area (Å²) in [5.41, 5.74) is 0.183. The predicted molar refractivity (Wildman–Crippen MR) is 140 cm³/mol. The number of aromatic nitrogens is 1. The van der Waals surface area contributed by atoms with E-state index in [9.17, 15) is 32.6 Å². The Kier molecular flexibility index (Phi) is 9.35. The van der Waals surface area contributed by atoms with Gasteiger partial charge < -0.3 is 19.8 Å². The molecule has 1 aliphatic heterocycles. The smallest absolute Gasteiger partial charge is 0.309 e. The number of aliphatic carboxylic acids is 1. The first-order valence-corrected chi connectivity index (χ1v) is 13.6. The van der Waals surface area contributed by atoms with E-state index in [1.165, 1.54) is 25.1 Å². The molecule has 4 rings (SSSR count). The maximum atomic E-state index is 13.8. The standard InChI is InChI=1S/C28H30F4N2O4S/c1-38-18-2-3-23-20(12-18)25(17(15-29)16-33-23)24(35)4-5-28(27(36)37)6-8-34(9-7-28)10-11-39-19-13-21(30)26(32)22(31)14-19/h2-3,12-14,16,24,35H,4-11,15H2,1H3,(H,36,37)/t24-/m1/s1. The van der Waals surface area contributed by atoms with Gasteiger partial charge in [0.05, 0.1) is 24.1 Å². The van der Waals surface area contributed by atoms with Crippen molar-refractivity contribution in [1.82, 2.24) is 9.88 Å². The number of fused-ring (bicyclic) bond motifs is 1. The number of benzene rings is 2. The number of hydrogen-bond donors (Lipinski definition) is 2. The minimum atomic E-state index is -1.50. The van der Waals surface area contributed by atoms with E-state index in [1.54, 1.807) is 18.2 Å². The van der Waals surface area contributed by atoms with E-state index in [2.05, 4.69) is 9.88 Å². The molecular formula is C28H30F4N2O4S. The maximum absolute atomic E-state index is 13.8. The van der Waals surface area contributed by atoms with Crippen LogP contribution in [0.4, 0.5) is 17.6 Å². The molecule has 1 saturated heterocycles. The van der Waals surface area contributed by atoms with Gasteiger partial charge in [0.1, 0.15) is 12.4 Å². The highest BCUT2D eigenvalue weighted by atomic mass is 32.2. The molecule has 0 spiro atoms. The number of nitrogens with zero attached hydrogens (tertiary/aromatic N) is 2. The van der Waals surface area contributed by atoms with Crippen molar-refractivity contribution in [2.75, 3.05) is 32.5 Å². The summed E-state index contributed by atoms with van der Waals surface area (Å²) in [5.74, 6) is -3.87. The SMILES string of the molecule is COc1ccc2ncc(CF)c([C@H](O)CCC3(C(=O)O)CCN(CCSc4cc(F)c(F)c(F)c4)CC3)c2c1. The van der Waals surface area contributed by atoms with Gasteiger partial charge in [0, 0.05) is 34.3 Å². The number of likely N-dealkylation sites (tertiary alicyclic amines) is 1. The van der Waals surface area contributed by atoms with E-state index >= 15 is 0 Å². The van der Waals surface area contributed by atoms with Crippen LogP contribution in [0.15, 0.2) is 41.4 Å². The number of carboxylic acids is 1. The lowest BCUT2D eigenvalue weighted by atomic mass is 9.74. The third-order valence-electron chi connectivity index (χ3n) is 7.47. The number of carbonyl (C=O) groups is 1. The zero-order valence-corrected chi connectivity index (χ0v) is 22.2. The number of aliphatic hydroxyl groups excluding tert-OH is 1. The van der Waals surface area contributed by atoms with Crippen molar-refractivity contribution in [1.29, 1.82) is 0 Å². The molecule has 3 aromatic rings. The van der Waals surface area contributed by atoms with Crippen LogP contribution in [0.1, 0.15) is 42.9 Å². The fraction of sp³-hybridized carbons (Fsp3) is 0.429. The molecule has 2 heterocycles. The number of alkyl halides is 1. The van der Waals surface area contributed by atoms with Crippen LogP contribution in [-0.4, -0.2) is 58.6 Å². The summed E-state index contributed by atoms with van der Waals surface area (Å²) in [7, 11) is 1.51. The Labute approximate surface area is 228 Å². The summed E-state index contributed by atoms with van der Waals surface area (Å²) in [6, 6.07) is 7.05. The second-order valence-corrected chi connectivity index (χ2v) is 10.9. The Balaban J connectivity index is 1.38. The van der Waals surface area contributed by atoms with Crippen molar-refractivity contribution in [3.8, 4) is 5.75 Å². The number of methoxy groups -OCH3 is 1. The molecule has 6 nitrogen and oxygen atoms in total. The molecule has 1 atom stereocenters. The summed E-state index contributed by atoms with van der Waals surface area (Å²) in [6.07, 6.45) is 1.37. The second-order valence-electron chi connectivity index (χ2n) is 9.74. The minimum absolute atomic E-state index is 0.132. The van der Waals surface area contributed by atoms with Crippen molar-refractivity contribution < 1.29 is 37.3 Å². The van der Waals surface area contributed by atoms with Crippen LogP contribution in [0.25, 0.3) is 10.9 Å². The minimum Gasteiger partial charge on any atom is -0.497 e. The Morgan fingerprint density at radius 3 is 2.49 bits per heavy atom. The van der Waals surface area contributed by atoms with Gasteiger partial charge >= 0.3 is 5.97 Å². The molecule has 0 saturated carbocycles. The molecule has 1 fully saturated rings. The highest BCUT2D eigenvalue weighted by molar-refractivity contribution is 7.99. The van der Waals surface area contributed by atoms with Gasteiger partial charge in [0.15, 0.2) is 17.5 Å². The molecule has 2 aromatic carbocycles. The molecule has 2 N–H and O–H groups in total.